The number of hydrogen-bond donors (Lipinski definition) is 1. The average molecular weight is 295 g/mol. The van der Waals surface area contributed by atoms with E-state index in [2.05, 4.69) is 0 Å². The van der Waals surface area contributed by atoms with Crippen molar-refractivity contribution in [1.82, 2.24) is 4.90 Å². The van der Waals surface area contributed by atoms with Crippen molar-refractivity contribution >= 4 is 11.9 Å². The number of ether oxygens (including phenoxy) is 2. The van der Waals surface area contributed by atoms with Crippen LogP contribution in [0.1, 0.15) is 20.3 Å². The van der Waals surface area contributed by atoms with Crippen LogP contribution in [-0.2, 0) is 19.1 Å². The van der Waals surface area contributed by atoms with Crippen LogP contribution in [0.2, 0.25) is 0 Å². The Balaban J connectivity index is 1.65. The first kappa shape index (κ1) is 14.5. The second kappa shape index (κ2) is 5.10. The highest BCUT2D eigenvalue weighted by atomic mass is 16.5. The van der Waals surface area contributed by atoms with Gasteiger partial charge in [-0.15, -0.1) is 0 Å². The first-order valence-corrected chi connectivity index (χ1v) is 7.45. The Morgan fingerprint density at radius 3 is 3.05 bits per heavy atom. The molecule has 0 aromatic rings. The predicted molar refractivity (Wildman–Crippen MR) is 73.6 cm³/mol. The second-order valence-electron chi connectivity index (χ2n) is 6.27. The summed E-state index contributed by atoms with van der Waals surface area (Å²) >= 11 is 0. The van der Waals surface area contributed by atoms with Crippen molar-refractivity contribution in [3.8, 4) is 0 Å². The van der Waals surface area contributed by atoms with Gasteiger partial charge in [0, 0.05) is 13.2 Å². The van der Waals surface area contributed by atoms with E-state index in [9.17, 15) is 14.7 Å². The lowest BCUT2D eigenvalue weighted by Gasteiger charge is -2.21. The van der Waals surface area contributed by atoms with Crippen LogP contribution >= 0.6 is 0 Å². The molecule has 21 heavy (non-hydrogen) atoms. The van der Waals surface area contributed by atoms with Crippen molar-refractivity contribution in [3.05, 3.63) is 12.2 Å². The van der Waals surface area contributed by atoms with Gasteiger partial charge in [-0.2, -0.15) is 0 Å². The maximum absolute atomic E-state index is 12.5. The van der Waals surface area contributed by atoms with Crippen LogP contribution in [0.15, 0.2) is 12.2 Å². The summed E-state index contributed by atoms with van der Waals surface area (Å²) in [6, 6.07) is 0. The largest absolute Gasteiger partial charge is 0.481 e. The van der Waals surface area contributed by atoms with Crippen LogP contribution in [0.4, 0.5) is 0 Å². The zero-order chi connectivity index (χ0) is 15.2. The van der Waals surface area contributed by atoms with Gasteiger partial charge < -0.3 is 19.5 Å². The first-order valence-electron chi connectivity index (χ1n) is 7.45. The number of carboxylic acids is 1. The quantitative estimate of drug-likeness (QED) is 0.576. The van der Waals surface area contributed by atoms with Gasteiger partial charge >= 0.3 is 5.97 Å². The van der Waals surface area contributed by atoms with Gasteiger partial charge in [-0.1, -0.05) is 12.2 Å². The molecule has 1 N–H and O–H groups in total. The fourth-order valence-corrected chi connectivity index (χ4v) is 3.62. The second-order valence-corrected chi connectivity index (χ2v) is 6.27. The standard InChI is InChI=1S/C15H21NO5/c1-9(2)20-7-3-6-16-8-15-5-4-10(21-15)11(14(18)19)12(15)13(16)17/h4-5,9-12H,3,6-8H2,1-2H3,(H,18,19)/t10-,11-,12+,15-/m0/s1. The highest BCUT2D eigenvalue weighted by Crippen LogP contribution is 2.51. The van der Waals surface area contributed by atoms with Crippen molar-refractivity contribution < 1.29 is 24.2 Å². The molecule has 3 rings (SSSR count). The molecule has 0 unspecified atom stereocenters. The molecule has 2 bridgehead atoms. The van der Waals surface area contributed by atoms with Crippen molar-refractivity contribution in [1.29, 1.82) is 0 Å². The zero-order valence-corrected chi connectivity index (χ0v) is 12.3. The van der Waals surface area contributed by atoms with E-state index < -0.39 is 29.5 Å². The summed E-state index contributed by atoms with van der Waals surface area (Å²) in [5.74, 6) is -2.37. The molecule has 4 atom stereocenters. The van der Waals surface area contributed by atoms with Crippen molar-refractivity contribution in [3.63, 3.8) is 0 Å². The summed E-state index contributed by atoms with van der Waals surface area (Å²) < 4.78 is 11.3. The molecule has 0 saturated carbocycles. The lowest BCUT2D eigenvalue weighted by Crippen LogP contribution is -2.39. The zero-order valence-electron chi connectivity index (χ0n) is 12.3. The van der Waals surface area contributed by atoms with Gasteiger partial charge in [0.2, 0.25) is 5.91 Å². The number of nitrogens with zero attached hydrogens (tertiary/aromatic N) is 1. The Morgan fingerprint density at radius 2 is 2.38 bits per heavy atom. The van der Waals surface area contributed by atoms with Gasteiger partial charge in [0.25, 0.3) is 0 Å². The van der Waals surface area contributed by atoms with E-state index >= 15 is 0 Å². The topological polar surface area (TPSA) is 76.1 Å². The highest BCUT2D eigenvalue weighted by Gasteiger charge is 2.66. The van der Waals surface area contributed by atoms with Gasteiger partial charge in [-0.3, -0.25) is 9.59 Å². The van der Waals surface area contributed by atoms with Crippen LogP contribution in [0.25, 0.3) is 0 Å². The third-order valence-corrected chi connectivity index (χ3v) is 4.49. The van der Waals surface area contributed by atoms with Gasteiger partial charge in [-0.25, -0.2) is 0 Å². The lowest BCUT2D eigenvalue weighted by atomic mass is 9.77. The summed E-state index contributed by atoms with van der Waals surface area (Å²) in [4.78, 5) is 25.7. The maximum atomic E-state index is 12.5. The van der Waals surface area contributed by atoms with Gasteiger partial charge in [-0.05, 0) is 20.3 Å². The lowest BCUT2D eigenvalue weighted by molar-refractivity contribution is -0.148. The van der Waals surface area contributed by atoms with Crippen molar-refractivity contribution in [2.45, 2.75) is 38.1 Å². The smallest absolute Gasteiger partial charge is 0.310 e. The van der Waals surface area contributed by atoms with Gasteiger partial charge in [0.1, 0.15) is 11.5 Å². The number of aliphatic carboxylic acids is 1. The number of hydrogen-bond acceptors (Lipinski definition) is 4. The molecule has 3 aliphatic heterocycles. The van der Waals surface area contributed by atoms with Crippen LogP contribution < -0.4 is 0 Å². The van der Waals surface area contributed by atoms with E-state index in [1.54, 1.807) is 11.0 Å². The van der Waals surface area contributed by atoms with Gasteiger partial charge in [0.15, 0.2) is 0 Å². The monoisotopic (exact) mass is 295 g/mol. The summed E-state index contributed by atoms with van der Waals surface area (Å²) in [5.41, 5.74) is -0.719. The van der Waals surface area contributed by atoms with Gasteiger partial charge in [0.05, 0.1) is 24.7 Å². The van der Waals surface area contributed by atoms with E-state index in [-0.39, 0.29) is 12.0 Å². The normalized spacial score (nSPS) is 36.8. The molecule has 0 aromatic heterocycles. The minimum absolute atomic E-state index is 0.0983. The molecule has 6 heteroatoms. The van der Waals surface area contributed by atoms with Crippen LogP contribution in [0, 0.1) is 11.8 Å². The Hall–Kier alpha value is -1.40. The fraction of sp³-hybridized carbons (Fsp3) is 0.733. The number of amides is 1. The third-order valence-electron chi connectivity index (χ3n) is 4.49. The minimum Gasteiger partial charge on any atom is -0.481 e. The molecule has 3 heterocycles. The molecule has 0 aliphatic carbocycles. The van der Waals surface area contributed by atoms with Crippen molar-refractivity contribution in [2.24, 2.45) is 11.8 Å². The molecule has 0 aromatic carbocycles. The Kier molecular flexibility index (Phi) is 3.53. The molecule has 3 aliphatic rings. The highest BCUT2D eigenvalue weighted by molar-refractivity contribution is 5.90. The summed E-state index contributed by atoms with van der Waals surface area (Å²) in [5, 5.41) is 9.35. The summed E-state index contributed by atoms with van der Waals surface area (Å²) in [6.07, 6.45) is 4.13. The molecule has 0 radical (unpaired) electrons. The predicted octanol–water partition coefficient (Wildman–Crippen LogP) is 0.668. The average Bonchev–Trinajstić information content (AvgIpc) is 3.03. The summed E-state index contributed by atoms with van der Waals surface area (Å²) in [7, 11) is 0. The number of rotatable bonds is 6. The van der Waals surface area contributed by atoms with E-state index in [4.69, 9.17) is 9.47 Å². The Morgan fingerprint density at radius 1 is 1.62 bits per heavy atom. The first-order chi connectivity index (χ1) is 9.94. The van der Waals surface area contributed by atoms with Crippen LogP contribution in [-0.4, -0.2) is 59.4 Å². The maximum Gasteiger partial charge on any atom is 0.310 e. The van der Waals surface area contributed by atoms with Crippen LogP contribution in [0.3, 0.4) is 0 Å². The molecule has 2 fully saturated rings. The molecule has 1 spiro atoms. The molecule has 116 valence electrons. The fourth-order valence-electron chi connectivity index (χ4n) is 3.62. The van der Waals surface area contributed by atoms with E-state index in [1.807, 2.05) is 19.9 Å². The summed E-state index contributed by atoms with van der Waals surface area (Å²) in [6.45, 7) is 5.58. The number of carbonyl (C=O) groups excluding carboxylic acids is 1. The van der Waals surface area contributed by atoms with E-state index in [1.165, 1.54) is 0 Å². The number of carbonyl (C=O) groups is 2. The Bertz CT molecular complexity index is 488. The number of carboxylic acid groups (broad SMARTS) is 1. The molecular weight excluding hydrogens is 274 g/mol. The SMILES string of the molecule is CC(C)OCCCN1C[C@]23C=C[C@H](O2)[C@H](C(=O)O)[C@@H]3C1=O. The van der Waals surface area contributed by atoms with Crippen LogP contribution in [0.5, 0.6) is 0 Å². The van der Waals surface area contributed by atoms with Crippen molar-refractivity contribution in [2.75, 3.05) is 19.7 Å². The molecule has 1 amide bonds. The molecule has 2 saturated heterocycles. The molecular formula is C15H21NO5. The van der Waals surface area contributed by atoms with E-state index in [0.29, 0.717) is 19.7 Å². The third kappa shape index (κ3) is 2.26. The molecule has 6 nitrogen and oxygen atoms in total. The van der Waals surface area contributed by atoms with E-state index in [0.717, 1.165) is 6.42 Å². The minimum atomic E-state index is -0.949. The number of likely N-dealkylation sites (tertiary alicyclic amines) is 1. The Labute approximate surface area is 123 Å². The number of fused-ring (bicyclic) bond motifs is 1.